The van der Waals surface area contributed by atoms with E-state index in [4.69, 9.17) is 0 Å². The molecule has 0 saturated carbocycles. The fraction of sp³-hybridized carbons (Fsp3) is 0.545. The van der Waals surface area contributed by atoms with Crippen molar-refractivity contribution in [2.75, 3.05) is 0 Å². The summed E-state index contributed by atoms with van der Waals surface area (Å²) in [7, 11) is 0. The van der Waals surface area contributed by atoms with E-state index in [1.165, 1.54) is 6.42 Å². The molecule has 0 aromatic carbocycles. The summed E-state index contributed by atoms with van der Waals surface area (Å²) in [6.07, 6.45) is 11.1. The van der Waals surface area contributed by atoms with Crippen molar-refractivity contribution in [3.63, 3.8) is 0 Å². The van der Waals surface area contributed by atoms with E-state index in [0.29, 0.717) is 6.42 Å². The molecule has 0 aromatic heterocycles. The average Bonchev–Trinajstić information content (AvgIpc) is 2.02. The summed E-state index contributed by atoms with van der Waals surface area (Å²) >= 11 is 0. The summed E-state index contributed by atoms with van der Waals surface area (Å²) < 4.78 is 0. The van der Waals surface area contributed by atoms with Gasteiger partial charge in [0.2, 0.25) is 0 Å². The van der Waals surface area contributed by atoms with Crippen LogP contribution in [0.2, 0.25) is 0 Å². The second-order valence-electron chi connectivity index (χ2n) is 2.93. The first kappa shape index (κ1) is 11.2. The predicted molar refractivity (Wildman–Crippen MR) is 53.1 cm³/mol. The van der Waals surface area contributed by atoms with Crippen molar-refractivity contribution < 1.29 is 4.79 Å². The largest absolute Gasteiger partial charge is 0.300 e. The summed E-state index contributed by atoms with van der Waals surface area (Å²) in [5.74, 6) is 0.269. The van der Waals surface area contributed by atoms with E-state index in [0.717, 1.165) is 19.3 Å². The van der Waals surface area contributed by atoms with E-state index >= 15 is 0 Å². The molecule has 0 bridgehead atoms. The lowest BCUT2D eigenvalue weighted by Crippen LogP contribution is -1.86. The Balaban J connectivity index is 3.14. The van der Waals surface area contributed by atoms with Crippen LogP contribution >= 0.6 is 0 Å². The van der Waals surface area contributed by atoms with Gasteiger partial charge >= 0.3 is 0 Å². The molecule has 1 nitrogen and oxygen atoms in total. The van der Waals surface area contributed by atoms with Gasteiger partial charge in [0, 0.05) is 6.42 Å². The maximum absolute atomic E-state index is 10.5. The molecule has 0 atom stereocenters. The van der Waals surface area contributed by atoms with E-state index in [1.54, 1.807) is 6.92 Å². The van der Waals surface area contributed by atoms with Crippen molar-refractivity contribution in [2.45, 2.75) is 39.0 Å². The maximum atomic E-state index is 10.5. The molecule has 68 valence electrons. The van der Waals surface area contributed by atoms with Crippen LogP contribution in [-0.2, 0) is 4.79 Å². The van der Waals surface area contributed by atoms with Crippen molar-refractivity contribution in [1.29, 1.82) is 0 Å². The third kappa shape index (κ3) is 9.15. The van der Waals surface area contributed by atoms with E-state index < -0.39 is 0 Å². The minimum Gasteiger partial charge on any atom is -0.300 e. The van der Waals surface area contributed by atoms with Crippen LogP contribution in [0.4, 0.5) is 0 Å². The minimum absolute atomic E-state index is 0.269. The normalized spacial score (nSPS) is 10.4. The molecule has 0 aliphatic carbocycles. The van der Waals surface area contributed by atoms with Crippen molar-refractivity contribution in [1.82, 2.24) is 0 Å². The molecule has 0 heterocycles. The minimum atomic E-state index is 0.269. The Kier molecular flexibility index (Phi) is 7.66. The highest BCUT2D eigenvalue weighted by atomic mass is 16.1. The molecule has 0 saturated heterocycles. The van der Waals surface area contributed by atoms with Crippen LogP contribution in [-0.4, -0.2) is 5.78 Å². The topological polar surface area (TPSA) is 17.1 Å². The third-order valence-electron chi connectivity index (χ3n) is 1.61. The zero-order chi connectivity index (χ0) is 9.23. The number of unbranched alkanes of at least 4 members (excludes halogenated alkanes) is 2. The van der Waals surface area contributed by atoms with Crippen molar-refractivity contribution in [3.05, 3.63) is 24.8 Å². The number of rotatable bonds is 7. The molecule has 0 radical (unpaired) electrons. The van der Waals surface area contributed by atoms with Crippen LogP contribution < -0.4 is 0 Å². The van der Waals surface area contributed by atoms with Gasteiger partial charge in [-0.1, -0.05) is 18.2 Å². The molecule has 0 amide bonds. The molecule has 0 N–H and O–H groups in total. The number of hydrogen-bond acceptors (Lipinski definition) is 1. The summed E-state index contributed by atoms with van der Waals surface area (Å²) in [6.45, 7) is 5.28. The van der Waals surface area contributed by atoms with Crippen LogP contribution in [0, 0.1) is 0 Å². The second kappa shape index (κ2) is 8.25. The summed E-state index contributed by atoms with van der Waals surface area (Å²) in [6, 6.07) is 0. The lowest BCUT2D eigenvalue weighted by atomic mass is 10.2. The Bertz CT molecular complexity index is 156. The van der Waals surface area contributed by atoms with Crippen molar-refractivity contribution >= 4 is 5.78 Å². The summed E-state index contributed by atoms with van der Waals surface area (Å²) in [5.41, 5.74) is 0. The lowest BCUT2D eigenvalue weighted by molar-refractivity contribution is -0.116. The van der Waals surface area contributed by atoms with Crippen LogP contribution in [0.1, 0.15) is 39.0 Å². The smallest absolute Gasteiger partial charge is 0.130 e. The van der Waals surface area contributed by atoms with Gasteiger partial charge in [-0.15, -0.1) is 6.58 Å². The monoisotopic (exact) mass is 166 g/mol. The van der Waals surface area contributed by atoms with Gasteiger partial charge in [0.05, 0.1) is 0 Å². The molecular weight excluding hydrogens is 148 g/mol. The van der Waals surface area contributed by atoms with E-state index in [-0.39, 0.29) is 5.78 Å². The molecule has 12 heavy (non-hydrogen) atoms. The Morgan fingerprint density at radius 3 is 2.50 bits per heavy atom. The molecule has 0 aliphatic heterocycles. The fourth-order valence-electron chi connectivity index (χ4n) is 0.902. The first-order chi connectivity index (χ1) is 5.77. The maximum Gasteiger partial charge on any atom is 0.130 e. The Morgan fingerprint density at radius 1 is 1.25 bits per heavy atom. The van der Waals surface area contributed by atoms with Crippen molar-refractivity contribution in [3.8, 4) is 0 Å². The van der Waals surface area contributed by atoms with Gasteiger partial charge < -0.3 is 4.79 Å². The highest BCUT2D eigenvalue weighted by molar-refractivity contribution is 5.75. The third-order valence-corrected chi connectivity index (χ3v) is 1.61. The van der Waals surface area contributed by atoms with Gasteiger partial charge in [0.15, 0.2) is 0 Å². The van der Waals surface area contributed by atoms with E-state index in [1.807, 2.05) is 6.08 Å². The number of ketones is 1. The molecular formula is C11H18O. The number of allylic oxidation sites excluding steroid dienone is 3. The highest BCUT2D eigenvalue weighted by Gasteiger charge is 1.87. The molecule has 0 aliphatic rings. The van der Waals surface area contributed by atoms with Gasteiger partial charge in [0.25, 0.3) is 0 Å². The summed E-state index contributed by atoms with van der Waals surface area (Å²) in [4.78, 5) is 10.5. The average molecular weight is 166 g/mol. The lowest BCUT2D eigenvalue weighted by Gasteiger charge is -1.90. The first-order valence-electron chi connectivity index (χ1n) is 4.52. The molecule has 0 fully saturated rings. The molecule has 0 unspecified atom stereocenters. The fourth-order valence-corrected chi connectivity index (χ4v) is 0.902. The zero-order valence-electron chi connectivity index (χ0n) is 7.88. The molecule has 1 heteroatoms. The SMILES string of the molecule is C=CCCCC=CCCC(C)=O. The Hall–Kier alpha value is -0.850. The molecule has 0 spiro atoms. The number of hydrogen-bond donors (Lipinski definition) is 0. The van der Waals surface area contributed by atoms with E-state index in [2.05, 4.69) is 18.7 Å². The van der Waals surface area contributed by atoms with Gasteiger partial charge in [0.1, 0.15) is 5.78 Å². The van der Waals surface area contributed by atoms with Gasteiger partial charge in [-0.2, -0.15) is 0 Å². The van der Waals surface area contributed by atoms with Crippen molar-refractivity contribution in [2.24, 2.45) is 0 Å². The van der Waals surface area contributed by atoms with Gasteiger partial charge in [-0.25, -0.2) is 0 Å². The number of carbonyl (C=O) groups is 1. The number of Topliss-reactive ketones (excluding diaryl/α,β-unsaturated/α-hetero) is 1. The zero-order valence-corrected chi connectivity index (χ0v) is 7.88. The number of carbonyl (C=O) groups excluding carboxylic acids is 1. The Labute approximate surface area is 75.2 Å². The highest BCUT2D eigenvalue weighted by Crippen LogP contribution is 1.99. The quantitative estimate of drug-likeness (QED) is 0.419. The molecule has 0 rings (SSSR count). The first-order valence-corrected chi connectivity index (χ1v) is 4.52. The predicted octanol–water partition coefficient (Wildman–Crippen LogP) is 3.27. The van der Waals surface area contributed by atoms with Crippen LogP contribution in [0.5, 0.6) is 0 Å². The summed E-state index contributed by atoms with van der Waals surface area (Å²) in [5, 5.41) is 0. The van der Waals surface area contributed by atoms with Crippen LogP contribution in [0.3, 0.4) is 0 Å². The second-order valence-corrected chi connectivity index (χ2v) is 2.93. The van der Waals surface area contributed by atoms with Crippen LogP contribution in [0.25, 0.3) is 0 Å². The molecule has 0 aromatic rings. The Morgan fingerprint density at radius 2 is 1.92 bits per heavy atom. The van der Waals surface area contributed by atoms with Crippen LogP contribution in [0.15, 0.2) is 24.8 Å². The van der Waals surface area contributed by atoms with E-state index in [9.17, 15) is 4.79 Å². The van der Waals surface area contributed by atoms with Gasteiger partial charge in [-0.3, -0.25) is 0 Å². The standard InChI is InChI=1S/C11H18O/c1-3-4-5-6-7-8-9-10-11(2)12/h3,7-8H,1,4-6,9-10H2,2H3. The van der Waals surface area contributed by atoms with Gasteiger partial charge in [-0.05, 0) is 32.6 Å².